The van der Waals surface area contributed by atoms with Crippen LogP contribution in [0.15, 0.2) is 88.1 Å². The summed E-state index contributed by atoms with van der Waals surface area (Å²) in [6.07, 6.45) is 9.82. The molecule has 19 heteroatoms. The third-order valence-corrected chi connectivity index (χ3v) is 12.2. The molecule has 0 unspecified atom stereocenters. The number of benzene rings is 2. The van der Waals surface area contributed by atoms with E-state index < -0.39 is 54.4 Å². The van der Waals surface area contributed by atoms with Gasteiger partial charge in [-0.2, -0.15) is 4.58 Å². The van der Waals surface area contributed by atoms with Gasteiger partial charge in [-0.15, -0.1) is 4.33 Å². The van der Waals surface area contributed by atoms with E-state index in [0.29, 0.717) is 34.8 Å². The van der Waals surface area contributed by atoms with E-state index in [4.69, 9.17) is 9.99 Å². The zero-order valence-corrected chi connectivity index (χ0v) is 38.6. The number of sulfonamides is 2. The fourth-order valence-corrected chi connectivity index (χ4v) is 9.26. The highest BCUT2D eigenvalue weighted by molar-refractivity contribution is 7.94. The third kappa shape index (κ3) is 11.0. The van der Waals surface area contributed by atoms with Crippen LogP contribution in [0.5, 0.6) is 0 Å². The van der Waals surface area contributed by atoms with Crippen molar-refractivity contribution in [1.82, 2.24) is 14.3 Å². The maximum atomic E-state index is 13.7. The van der Waals surface area contributed by atoms with Gasteiger partial charge >= 0.3 is 6.09 Å². The number of fused-ring (bicyclic) bond motifs is 2. The fourth-order valence-electron chi connectivity index (χ4n) is 7.90. The molecular weight excluding hydrogens is 847 g/mol. The SMILES string of the molecule is Cc1ccc2c(c1)C(C)(C)/C(=C\C=C1/CCC(/C=C/C3=[N+](CC(=O)NS(C)(=O)=O)c4ccc(SOOO)cc4C3(C)C)=C1N(C)C(=O)OC(C)(C)C)N2CC(=O)NS(C)(=O)=O. The highest BCUT2D eigenvalue weighted by Gasteiger charge is 2.46. The molecule has 2 heterocycles. The molecule has 0 saturated carbocycles. The van der Waals surface area contributed by atoms with E-state index in [1.807, 2.05) is 81.8 Å². The molecule has 0 atom stereocenters. The monoisotopic (exact) mass is 900 g/mol. The largest absolute Gasteiger partial charge is 0.443 e. The van der Waals surface area contributed by atoms with Crippen molar-refractivity contribution in [3.63, 3.8) is 0 Å². The number of hydrogen-bond acceptors (Lipinski definition) is 13. The summed E-state index contributed by atoms with van der Waals surface area (Å²) in [6, 6.07) is 11.2. The Bertz CT molecular complexity index is 2530. The molecule has 0 bridgehead atoms. The van der Waals surface area contributed by atoms with Crippen LogP contribution in [0, 0.1) is 6.92 Å². The lowest BCUT2D eigenvalue weighted by Crippen LogP contribution is -2.39. The van der Waals surface area contributed by atoms with Crippen LogP contribution in [0.3, 0.4) is 0 Å². The van der Waals surface area contributed by atoms with E-state index in [-0.39, 0.29) is 13.1 Å². The summed E-state index contributed by atoms with van der Waals surface area (Å²) in [7, 11) is -6.03. The molecule has 330 valence electrons. The first kappa shape index (κ1) is 47.3. The molecule has 16 nitrogen and oxygen atoms in total. The Labute approximate surface area is 362 Å². The van der Waals surface area contributed by atoms with Crippen molar-refractivity contribution in [2.75, 3.05) is 37.5 Å². The van der Waals surface area contributed by atoms with Gasteiger partial charge in [-0.1, -0.05) is 48.7 Å². The molecule has 3 amide bonds. The summed E-state index contributed by atoms with van der Waals surface area (Å²) in [5.41, 5.74) is 5.59. The second-order valence-electron chi connectivity index (χ2n) is 17.3. The standard InChI is InChI=1S/C42H53N5O11S3/c1-26-12-18-32-30(22-26)41(5,6)34(46(32)24-36(48)43-60(10,52)53)20-15-27-13-14-28(38(27)45(9)39(50)56-40(2,3)4)16-21-35-42(7,8)31-23-29(59-58-57-51)17-19-33(31)47(35)25-37(49)44-61(11,54)55/h12,15-23H,13-14,24-25H2,1-11H3,(H2-,43,44,48,49,51)/p+1. The number of hydrogen-bond donors (Lipinski definition) is 3. The van der Waals surface area contributed by atoms with Crippen LogP contribution in [0.4, 0.5) is 16.2 Å². The van der Waals surface area contributed by atoms with Gasteiger partial charge in [0.15, 0.2) is 5.71 Å². The van der Waals surface area contributed by atoms with Gasteiger partial charge in [-0.3, -0.25) is 19.2 Å². The predicted octanol–water partition coefficient (Wildman–Crippen LogP) is 6.03. The molecule has 1 aliphatic carbocycles. The van der Waals surface area contributed by atoms with Crippen LogP contribution in [0.25, 0.3) is 0 Å². The predicted molar refractivity (Wildman–Crippen MR) is 233 cm³/mol. The van der Waals surface area contributed by atoms with Crippen molar-refractivity contribution in [2.24, 2.45) is 0 Å². The van der Waals surface area contributed by atoms with Crippen molar-refractivity contribution in [2.45, 2.75) is 89.6 Å². The number of anilines is 1. The van der Waals surface area contributed by atoms with Gasteiger partial charge in [-0.25, -0.2) is 31.6 Å². The molecule has 0 aromatic heterocycles. The van der Waals surface area contributed by atoms with E-state index in [2.05, 4.69) is 20.2 Å². The van der Waals surface area contributed by atoms with Gasteiger partial charge in [0, 0.05) is 46.4 Å². The molecule has 3 aliphatic rings. The molecule has 0 saturated heterocycles. The van der Waals surface area contributed by atoms with Gasteiger partial charge in [0.2, 0.25) is 32.3 Å². The van der Waals surface area contributed by atoms with Crippen molar-refractivity contribution in [3.8, 4) is 0 Å². The molecule has 3 N–H and O–H groups in total. The van der Waals surface area contributed by atoms with Gasteiger partial charge < -0.3 is 9.64 Å². The number of likely N-dealkylation sites (N-methyl/N-ethyl adjacent to an activating group) is 1. The number of nitrogens with one attached hydrogen (secondary N) is 2. The van der Waals surface area contributed by atoms with Gasteiger partial charge in [-0.05, 0) is 95.4 Å². The maximum Gasteiger partial charge on any atom is 0.414 e. The van der Waals surface area contributed by atoms with Gasteiger partial charge in [0.25, 0.3) is 11.8 Å². The third-order valence-electron chi connectivity index (χ3n) is 10.4. The molecule has 61 heavy (non-hydrogen) atoms. The number of carbonyl (C=O) groups is 3. The Morgan fingerprint density at radius 3 is 2.20 bits per heavy atom. The minimum atomic E-state index is -3.85. The minimum Gasteiger partial charge on any atom is -0.443 e. The second-order valence-corrected chi connectivity index (χ2v) is 21.6. The van der Waals surface area contributed by atoms with Crippen molar-refractivity contribution >= 4 is 67.1 Å². The van der Waals surface area contributed by atoms with Crippen LogP contribution in [0.2, 0.25) is 0 Å². The Balaban J connectivity index is 1.65. The second kappa shape index (κ2) is 17.5. The van der Waals surface area contributed by atoms with Crippen LogP contribution in [-0.4, -0.2) is 93.4 Å². The summed E-state index contributed by atoms with van der Waals surface area (Å²) in [5, 5.41) is 12.5. The number of nitrogens with zero attached hydrogens (tertiary/aromatic N) is 3. The number of rotatable bonds is 13. The van der Waals surface area contributed by atoms with E-state index in [1.54, 1.807) is 49.4 Å². The average molecular weight is 901 g/mol. The highest BCUT2D eigenvalue weighted by Crippen LogP contribution is 2.48. The number of carbonyl (C=O) groups excluding carboxylic acids is 3. The van der Waals surface area contributed by atoms with E-state index >= 15 is 0 Å². The van der Waals surface area contributed by atoms with Crippen molar-refractivity contribution < 1.29 is 55.2 Å². The Morgan fingerprint density at radius 1 is 0.918 bits per heavy atom. The fraction of sp³-hybridized carbons (Fsp3) is 0.429. The molecule has 2 aliphatic heterocycles. The van der Waals surface area contributed by atoms with Gasteiger partial charge in [0.1, 0.15) is 12.1 Å². The highest BCUT2D eigenvalue weighted by atomic mass is 32.2. The molecule has 5 rings (SSSR count). The topological polar surface area (TPSA) is 201 Å². The minimum absolute atomic E-state index is 0.256. The summed E-state index contributed by atoms with van der Waals surface area (Å²) < 4.78 is 64.4. The Hall–Kier alpha value is -4.79. The molecule has 2 aromatic carbocycles. The number of aryl methyl sites for hydroxylation is 1. The number of amides is 3. The van der Waals surface area contributed by atoms with E-state index in [0.717, 1.165) is 63.8 Å². The summed E-state index contributed by atoms with van der Waals surface area (Å²) in [5.74, 6) is -1.44. The maximum absolute atomic E-state index is 13.7. The normalized spacial score (nSPS) is 18.6. The Kier molecular flexibility index (Phi) is 13.6. The number of ether oxygens (including phenoxy) is 1. The summed E-state index contributed by atoms with van der Waals surface area (Å²) >= 11 is 0.779. The molecule has 0 spiro atoms. The average Bonchev–Trinajstić information content (AvgIpc) is 3.67. The van der Waals surface area contributed by atoms with Crippen LogP contribution in [0.1, 0.15) is 78.0 Å². The Morgan fingerprint density at radius 2 is 1.57 bits per heavy atom. The van der Waals surface area contributed by atoms with E-state index in [9.17, 15) is 31.2 Å². The number of allylic oxidation sites excluding steroid dienone is 7. The molecular formula is C42H54N5O11S3+. The first-order chi connectivity index (χ1) is 28.1. The zero-order valence-electron chi connectivity index (χ0n) is 36.2. The smallest absolute Gasteiger partial charge is 0.414 e. The van der Waals surface area contributed by atoms with Crippen LogP contribution >= 0.6 is 12.0 Å². The van der Waals surface area contributed by atoms with Crippen molar-refractivity contribution in [1.29, 1.82) is 0 Å². The van der Waals surface area contributed by atoms with Crippen molar-refractivity contribution in [3.05, 3.63) is 99.9 Å². The lowest BCUT2D eigenvalue weighted by molar-refractivity contribution is -0.432. The molecule has 0 radical (unpaired) electrons. The van der Waals surface area contributed by atoms with Gasteiger partial charge in [0.05, 0.1) is 35.7 Å². The van der Waals surface area contributed by atoms with Crippen LogP contribution in [-0.2, 0) is 54.6 Å². The summed E-state index contributed by atoms with van der Waals surface area (Å²) in [4.78, 5) is 43.8. The summed E-state index contributed by atoms with van der Waals surface area (Å²) in [6.45, 7) is 14.7. The van der Waals surface area contributed by atoms with Crippen LogP contribution < -0.4 is 14.3 Å². The molecule has 0 fully saturated rings. The zero-order chi connectivity index (χ0) is 45.5. The first-order valence-corrected chi connectivity index (χ1v) is 23.8. The lowest BCUT2D eigenvalue weighted by Gasteiger charge is -2.27. The van der Waals surface area contributed by atoms with E-state index in [1.165, 1.54) is 4.90 Å². The first-order valence-electron chi connectivity index (χ1n) is 19.3. The molecule has 2 aromatic rings. The lowest BCUT2D eigenvalue weighted by atomic mass is 9.81. The quantitative estimate of drug-likeness (QED) is 0.0912.